The van der Waals surface area contributed by atoms with E-state index < -0.39 is 0 Å². The van der Waals surface area contributed by atoms with E-state index in [-0.39, 0.29) is 0 Å². The monoisotopic (exact) mass is 268 g/mol. The number of hydrogen-bond donors (Lipinski definition) is 1. The molecular weight excluding hydrogens is 240 g/mol. The van der Waals surface area contributed by atoms with Gasteiger partial charge in [0.1, 0.15) is 0 Å². The Labute approximate surface area is 116 Å². The average Bonchev–Trinajstić information content (AvgIpc) is 2.81. The van der Waals surface area contributed by atoms with Crippen LogP contribution >= 0.6 is 11.3 Å². The number of nitrogens with zero attached hydrogens (tertiary/aromatic N) is 1. The molecule has 0 saturated heterocycles. The van der Waals surface area contributed by atoms with E-state index in [1.165, 1.54) is 4.88 Å². The van der Waals surface area contributed by atoms with Crippen LogP contribution in [0, 0.1) is 5.92 Å². The first-order valence-electron chi connectivity index (χ1n) is 6.96. The molecule has 0 saturated carbocycles. The zero-order chi connectivity index (χ0) is 13.5. The molecule has 0 spiro atoms. The molecule has 3 heteroatoms. The molecule has 0 radical (unpaired) electrons. The van der Waals surface area contributed by atoms with Gasteiger partial charge in [0.2, 0.25) is 0 Å². The van der Waals surface area contributed by atoms with Crippen LogP contribution < -0.4 is 5.32 Å². The minimum absolute atomic E-state index is 0.603. The van der Waals surface area contributed by atoms with E-state index in [9.17, 15) is 0 Å². The number of nitrogens with one attached hydrogen (secondary N) is 1. The van der Waals surface area contributed by atoms with Crippen molar-refractivity contribution in [2.24, 2.45) is 5.92 Å². The fourth-order valence-electron chi connectivity index (χ4n) is 1.80. The zero-order valence-electron chi connectivity index (χ0n) is 12.4. The summed E-state index contributed by atoms with van der Waals surface area (Å²) in [5, 5.41) is 5.75. The third-order valence-corrected chi connectivity index (χ3v) is 4.66. The first-order valence-corrected chi connectivity index (χ1v) is 7.84. The summed E-state index contributed by atoms with van der Waals surface area (Å²) in [5.74, 6) is 0.707. The maximum absolute atomic E-state index is 3.59. The molecule has 1 rings (SSSR count). The second-order valence-electron chi connectivity index (χ2n) is 5.60. The maximum atomic E-state index is 3.59. The molecule has 0 bridgehead atoms. The second kappa shape index (κ2) is 7.93. The van der Waals surface area contributed by atoms with Crippen molar-refractivity contribution < 1.29 is 0 Å². The fourth-order valence-corrected chi connectivity index (χ4v) is 2.63. The lowest BCUT2D eigenvalue weighted by Gasteiger charge is -2.26. The lowest BCUT2D eigenvalue weighted by atomic mass is 10.1. The summed E-state index contributed by atoms with van der Waals surface area (Å²) in [7, 11) is 2.22. The van der Waals surface area contributed by atoms with Crippen LogP contribution in [0.3, 0.4) is 0 Å². The number of likely N-dealkylation sites (N-methyl/N-ethyl adjacent to an activating group) is 1. The van der Waals surface area contributed by atoms with Crippen LogP contribution in [0.4, 0.5) is 0 Å². The topological polar surface area (TPSA) is 15.3 Å². The molecule has 0 aliphatic carbocycles. The molecule has 0 fully saturated rings. The Kier molecular flexibility index (Phi) is 6.90. The highest BCUT2D eigenvalue weighted by Crippen LogP contribution is 2.13. The van der Waals surface area contributed by atoms with Crippen molar-refractivity contribution >= 4 is 11.3 Å². The Bertz CT molecular complexity index is 308. The quantitative estimate of drug-likeness (QED) is 0.778. The summed E-state index contributed by atoms with van der Waals surface area (Å²) in [5.41, 5.74) is 0. The fraction of sp³-hybridized carbons (Fsp3) is 0.733. The second-order valence-corrected chi connectivity index (χ2v) is 6.63. The molecule has 1 heterocycles. The standard InChI is InChI=1S/C15H28N2S/c1-12(2)14(4)16-8-9-17(5)13(3)11-15-7-6-10-18-15/h6-7,10,12-14,16H,8-9,11H2,1-5H3. The smallest absolute Gasteiger partial charge is 0.0113 e. The van der Waals surface area contributed by atoms with Gasteiger partial charge in [-0.2, -0.15) is 0 Å². The van der Waals surface area contributed by atoms with E-state index in [2.05, 4.69) is 62.5 Å². The van der Waals surface area contributed by atoms with Crippen LogP contribution in [0.5, 0.6) is 0 Å². The molecule has 1 aromatic heterocycles. The summed E-state index contributed by atoms with van der Waals surface area (Å²) < 4.78 is 0. The Hall–Kier alpha value is -0.380. The highest BCUT2D eigenvalue weighted by atomic mass is 32.1. The van der Waals surface area contributed by atoms with Gasteiger partial charge in [0.25, 0.3) is 0 Å². The van der Waals surface area contributed by atoms with Crippen LogP contribution in [0.2, 0.25) is 0 Å². The molecule has 2 unspecified atom stereocenters. The SMILES string of the molecule is CC(C)C(C)NCCN(C)C(C)Cc1cccs1. The van der Waals surface area contributed by atoms with E-state index in [1.807, 2.05) is 11.3 Å². The highest BCUT2D eigenvalue weighted by molar-refractivity contribution is 7.09. The van der Waals surface area contributed by atoms with Crippen LogP contribution in [0.1, 0.15) is 32.6 Å². The van der Waals surface area contributed by atoms with E-state index in [1.54, 1.807) is 0 Å². The molecule has 2 atom stereocenters. The molecule has 104 valence electrons. The Morgan fingerprint density at radius 2 is 2.00 bits per heavy atom. The number of rotatable bonds is 8. The molecule has 2 nitrogen and oxygen atoms in total. The first-order chi connectivity index (χ1) is 8.50. The van der Waals surface area contributed by atoms with Crippen molar-refractivity contribution in [1.29, 1.82) is 0 Å². The number of thiophene rings is 1. The average molecular weight is 268 g/mol. The summed E-state index contributed by atoms with van der Waals surface area (Å²) >= 11 is 1.86. The van der Waals surface area contributed by atoms with Crippen LogP contribution in [-0.2, 0) is 6.42 Å². The minimum Gasteiger partial charge on any atom is -0.313 e. The van der Waals surface area contributed by atoms with Crippen molar-refractivity contribution in [1.82, 2.24) is 10.2 Å². The van der Waals surface area contributed by atoms with Crippen molar-refractivity contribution in [3.63, 3.8) is 0 Å². The van der Waals surface area contributed by atoms with Gasteiger partial charge in [0.05, 0.1) is 0 Å². The van der Waals surface area contributed by atoms with Gasteiger partial charge < -0.3 is 10.2 Å². The van der Waals surface area contributed by atoms with Crippen molar-refractivity contribution in [3.05, 3.63) is 22.4 Å². The van der Waals surface area contributed by atoms with E-state index in [0.29, 0.717) is 18.0 Å². The van der Waals surface area contributed by atoms with Gasteiger partial charge in [-0.15, -0.1) is 11.3 Å². The predicted octanol–water partition coefficient (Wildman–Crippen LogP) is 3.25. The van der Waals surface area contributed by atoms with Gasteiger partial charge >= 0.3 is 0 Å². The van der Waals surface area contributed by atoms with Crippen molar-refractivity contribution in [3.8, 4) is 0 Å². The van der Waals surface area contributed by atoms with Gasteiger partial charge in [0, 0.05) is 30.1 Å². The van der Waals surface area contributed by atoms with Crippen LogP contribution in [0.25, 0.3) is 0 Å². The molecule has 0 aromatic carbocycles. The summed E-state index contributed by atoms with van der Waals surface area (Å²) in [6, 6.07) is 5.58. The summed E-state index contributed by atoms with van der Waals surface area (Å²) in [6.07, 6.45) is 1.16. The molecule has 1 aromatic rings. The van der Waals surface area contributed by atoms with Gasteiger partial charge in [-0.1, -0.05) is 19.9 Å². The Balaban J connectivity index is 2.21. The highest BCUT2D eigenvalue weighted by Gasteiger charge is 2.11. The Morgan fingerprint density at radius 1 is 1.28 bits per heavy atom. The zero-order valence-corrected chi connectivity index (χ0v) is 13.3. The maximum Gasteiger partial charge on any atom is 0.0113 e. The molecule has 0 aliphatic rings. The van der Waals surface area contributed by atoms with Gasteiger partial charge in [-0.05, 0) is 44.7 Å². The number of hydrogen-bond acceptors (Lipinski definition) is 3. The van der Waals surface area contributed by atoms with Crippen LogP contribution in [-0.4, -0.2) is 37.1 Å². The third-order valence-electron chi connectivity index (χ3n) is 3.76. The lowest BCUT2D eigenvalue weighted by molar-refractivity contribution is 0.250. The lowest BCUT2D eigenvalue weighted by Crippen LogP contribution is -2.40. The normalized spacial score (nSPS) is 15.3. The van der Waals surface area contributed by atoms with Crippen molar-refractivity contribution in [2.75, 3.05) is 20.1 Å². The van der Waals surface area contributed by atoms with Crippen LogP contribution in [0.15, 0.2) is 17.5 Å². The molecule has 18 heavy (non-hydrogen) atoms. The van der Waals surface area contributed by atoms with Gasteiger partial charge in [-0.3, -0.25) is 0 Å². The van der Waals surface area contributed by atoms with Gasteiger partial charge in [-0.25, -0.2) is 0 Å². The van der Waals surface area contributed by atoms with E-state index >= 15 is 0 Å². The largest absolute Gasteiger partial charge is 0.313 e. The van der Waals surface area contributed by atoms with Gasteiger partial charge in [0.15, 0.2) is 0 Å². The summed E-state index contributed by atoms with van der Waals surface area (Å²) in [6.45, 7) is 11.3. The van der Waals surface area contributed by atoms with E-state index in [4.69, 9.17) is 0 Å². The minimum atomic E-state index is 0.603. The van der Waals surface area contributed by atoms with Crippen molar-refractivity contribution in [2.45, 2.75) is 46.2 Å². The summed E-state index contributed by atoms with van der Waals surface area (Å²) in [4.78, 5) is 3.93. The molecule has 0 amide bonds. The third kappa shape index (κ3) is 5.51. The first kappa shape index (κ1) is 15.7. The molecular formula is C15H28N2S. The predicted molar refractivity (Wildman–Crippen MR) is 82.4 cm³/mol. The van der Waals surface area contributed by atoms with E-state index in [0.717, 1.165) is 19.5 Å². The molecule has 1 N–H and O–H groups in total. The Morgan fingerprint density at radius 3 is 2.56 bits per heavy atom. The molecule has 0 aliphatic heterocycles.